The van der Waals surface area contributed by atoms with E-state index in [1.54, 1.807) is 0 Å². The molecule has 2 aromatic rings. The highest BCUT2D eigenvalue weighted by atomic mass is 32.2. The Labute approximate surface area is 161 Å². The van der Waals surface area contributed by atoms with Gasteiger partial charge < -0.3 is 4.90 Å². The molecular weight excluding hydrogens is 360 g/mol. The summed E-state index contributed by atoms with van der Waals surface area (Å²) in [6, 6.07) is 19.8. The summed E-state index contributed by atoms with van der Waals surface area (Å²) in [6.07, 6.45) is 2.66. The molecule has 0 N–H and O–H groups in total. The zero-order valence-corrected chi connectivity index (χ0v) is 16.4. The number of carbonyl (C=O) groups is 1. The van der Waals surface area contributed by atoms with Crippen LogP contribution in [0.5, 0.6) is 0 Å². The molecule has 0 saturated carbocycles. The topological polar surface area (TPSA) is 57.7 Å². The van der Waals surface area contributed by atoms with Gasteiger partial charge in [0.1, 0.15) is 0 Å². The second-order valence-corrected chi connectivity index (χ2v) is 9.11. The normalized spacial score (nSPS) is 18.2. The van der Waals surface area contributed by atoms with Crippen LogP contribution in [0.3, 0.4) is 0 Å². The molecule has 0 bridgehead atoms. The van der Waals surface area contributed by atoms with Crippen molar-refractivity contribution in [2.45, 2.75) is 25.9 Å². The third kappa shape index (κ3) is 5.40. The third-order valence-electron chi connectivity index (χ3n) is 4.95. The number of hydrogen-bond acceptors (Lipinski definition) is 3. The van der Waals surface area contributed by atoms with Crippen LogP contribution in [0.15, 0.2) is 60.7 Å². The van der Waals surface area contributed by atoms with Crippen molar-refractivity contribution in [3.63, 3.8) is 0 Å². The first-order chi connectivity index (χ1) is 12.9. The molecule has 1 aliphatic rings. The first-order valence-corrected chi connectivity index (χ1v) is 11.1. The Morgan fingerprint density at radius 1 is 1.00 bits per heavy atom. The SMILES string of the molecule is CS(=O)(=O)N1CCC[C@@H](C(=O)N(Cc2ccccc2)Cc2ccccc2)C1. The lowest BCUT2D eigenvalue weighted by Crippen LogP contribution is -2.46. The van der Waals surface area contributed by atoms with E-state index >= 15 is 0 Å². The van der Waals surface area contributed by atoms with Gasteiger partial charge in [-0.2, -0.15) is 0 Å². The number of amides is 1. The number of sulfonamides is 1. The minimum atomic E-state index is -3.27. The third-order valence-corrected chi connectivity index (χ3v) is 6.22. The van der Waals surface area contributed by atoms with Crippen LogP contribution in [-0.4, -0.2) is 42.9 Å². The maximum absolute atomic E-state index is 13.3. The smallest absolute Gasteiger partial charge is 0.227 e. The predicted octanol–water partition coefficient (Wildman–Crippen LogP) is 2.89. The summed E-state index contributed by atoms with van der Waals surface area (Å²) in [4.78, 5) is 15.1. The van der Waals surface area contributed by atoms with Gasteiger partial charge in [-0.3, -0.25) is 4.79 Å². The molecule has 1 heterocycles. The second kappa shape index (κ2) is 8.67. The molecule has 6 heteroatoms. The van der Waals surface area contributed by atoms with Crippen LogP contribution in [0, 0.1) is 5.92 Å². The number of hydrogen-bond donors (Lipinski definition) is 0. The van der Waals surface area contributed by atoms with Gasteiger partial charge in [-0.05, 0) is 24.0 Å². The van der Waals surface area contributed by atoms with Crippen molar-refractivity contribution in [1.82, 2.24) is 9.21 Å². The molecule has 27 heavy (non-hydrogen) atoms. The Kier molecular flexibility index (Phi) is 6.29. The first kappa shape index (κ1) is 19.6. The first-order valence-electron chi connectivity index (χ1n) is 9.25. The van der Waals surface area contributed by atoms with E-state index in [2.05, 4.69) is 0 Å². The molecule has 0 aliphatic carbocycles. The number of nitrogens with zero attached hydrogens (tertiary/aromatic N) is 2. The number of rotatable bonds is 6. The summed E-state index contributed by atoms with van der Waals surface area (Å²) >= 11 is 0. The maximum Gasteiger partial charge on any atom is 0.227 e. The van der Waals surface area contributed by atoms with Gasteiger partial charge in [0, 0.05) is 26.2 Å². The van der Waals surface area contributed by atoms with Gasteiger partial charge in [-0.25, -0.2) is 12.7 Å². The molecule has 5 nitrogen and oxygen atoms in total. The van der Waals surface area contributed by atoms with Crippen molar-refractivity contribution in [3.05, 3.63) is 71.8 Å². The fourth-order valence-corrected chi connectivity index (χ4v) is 4.43. The van der Waals surface area contributed by atoms with Crippen LogP contribution in [0.4, 0.5) is 0 Å². The molecule has 0 aromatic heterocycles. The van der Waals surface area contributed by atoms with E-state index in [0.717, 1.165) is 17.5 Å². The average molecular weight is 387 g/mol. The highest BCUT2D eigenvalue weighted by molar-refractivity contribution is 7.88. The monoisotopic (exact) mass is 386 g/mol. The lowest BCUT2D eigenvalue weighted by Gasteiger charge is -2.34. The molecule has 1 aliphatic heterocycles. The molecule has 144 valence electrons. The summed E-state index contributed by atoms with van der Waals surface area (Å²) in [6.45, 7) is 1.81. The van der Waals surface area contributed by atoms with Crippen LogP contribution < -0.4 is 0 Å². The van der Waals surface area contributed by atoms with Gasteiger partial charge in [-0.1, -0.05) is 60.7 Å². The van der Waals surface area contributed by atoms with E-state index in [0.29, 0.717) is 26.1 Å². The van der Waals surface area contributed by atoms with Crippen molar-refractivity contribution >= 4 is 15.9 Å². The van der Waals surface area contributed by atoms with Gasteiger partial charge in [0.25, 0.3) is 0 Å². The highest BCUT2D eigenvalue weighted by Crippen LogP contribution is 2.23. The molecule has 1 saturated heterocycles. The summed E-state index contributed by atoms with van der Waals surface area (Å²) in [5, 5.41) is 0. The largest absolute Gasteiger partial charge is 0.334 e. The number of carbonyl (C=O) groups excluding carboxylic acids is 1. The Hall–Kier alpha value is -2.18. The van der Waals surface area contributed by atoms with Crippen LogP contribution >= 0.6 is 0 Å². The van der Waals surface area contributed by atoms with E-state index in [1.807, 2.05) is 65.6 Å². The molecule has 0 radical (unpaired) electrons. The Balaban J connectivity index is 1.79. The van der Waals surface area contributed by atoms with Crippen LogP contribution in [0.1, 0.15) is 24.0 Å². The summed E-state index contributed by atoms with van der Waals surface area (Å²) in [5.41, 5.74) is 2.13. The standard InChI is InChI=1S/C21H26N2O3S/c1-27(25,26)23-14-8-13-20(17-23)21(24)22(15-18-9-4-2-5-10-18)16-19-11-6-3-7-12-19/h2-7,9-12,20H,8,13-17H2,1H3/t20-/m1/s1. The van der Waals surface area contributed by atoms with Gasteiger partial charge in [0.15, 0.2) is 0 Å². The highest BCUT2D eigenvalue weighted by Gasteiger charge is 2.32. The fraction of sp³-hybridized carbons (Fsp3) is 0.381. The van der Waals surface area contributed by atoms with Crippen molar-refractivity contribution in [1.29, 1.82) is 0 Å². The second-order valence-electron chi connectivity index (χ2n) is 7.13. The minimum absolute atomic E-state index is 0.0241. The van der Waals surface area contributed by atoms with Crippen molar-refractivity contribution in [2.75, 3.05) is 19.3 Å². The average Bonchev–Trinajstić information content (AvgIpc) is 2.68. The molecule has 0 unspecified atom stereocenters. The zero-order chi connectivity index (χ0) is 19.3. The van der Waals surface area contributed by atoms with Crippen molar-refractivity contribution in [3.8, 4) is 0 Å². The summed E-state index contributed by atoms with van der Waals surface area (Å²) < 4.78 is 25.2. The Morgan fingerprint density at radius 3 is 2.00 bits per heavy atom. The number of piperidine rings is 1. The lowest BCUT2D eigenvalue weighted by molar-refractivity contribution is -0.138. The fourth-order valence-electron chi connectivity index (χ4n) is 3.52. The van der Waals surface area contributed by atoms with Gasteiger partial charge in [0.05, 0.1) is 12.2 Å². The minimum Gasteiger partial charge on any atom is -0.334 e. The molecular formula is C21H26N2O3S. The number of benzene rings is 2. The quantitative estimate of drug-likeness (QED) is 0.767. The van der Waals surface area contributed by atoms with Gasteiger partial charge in [-0.15, -0.1) is 0 Å². The molecule has 2 aromatic carbocycles. The molecule has 3 rings (SSSR count). The van der Waals surface area contributed by atoms with Crippen LogP contribution in [-0.2, 0) is 27.9 Å². The van der Waals surface area contributed by atoms with Gasteiger partial charge >= 0.3 is 0 Å². The van der Waals surface area contributed by atoms with E-state index in [4.69, 9.17) is 0 Å². The van der Waals surface area contributed by atoms with Crippen molar-refractivity contribution < 1.29 is 13.2 Å². The lowest BCUT2D eigenvalue weighted by atomic mass is 9.97. The predicted molar refractivity (Wildman–Crippen MR) is 106 cm³/mol. The van der Waals surface area contributed by atoms with Crippen LogP contribution in [0.25, 0.3) is 0 Å². The Morgan fingerprint density at radius 2 is 1.52 bits per heavy atom. The molecule has 1 atom stereocenters. The molecule has 1 amide bonds. The van der Waals surface area contributed by atoms with Crippen LogP contribution in [0.2, 0.25) is 0 Å². The molecule has 1 fully saturated rings. The maximum atomic E-state index is 13.3. The summed E-state index contributed by atoms with van der Waals surface area (Å²) in [5.74, 6) is -0.267. The Bertz CT molecular complexity index is 812. The van der Waals surface area contributed by atoms with E-state index in [9.17, 15) is 13.2 Å². The van der Waals surface area contributed by atoms with E-state index in [1.165, 1.54) is 10.6 Å². The summed E-state index contributed by atoms with van der Waals surface area (Å²) in [7, 11) is -3.27. The van der Waals surface area contributed by atoms with E-state index in [-0.39, 0.29) is 18.4 Å². The van der Waals surface area contributed by atoms with E-state index < -0.39 is 10.0 Å². The zero-order valence-electron chi connectivity index (χ0n) is 15.6. The molecule has 0 spiro atoms. The van der Waals surface area contributed by atoms with Gasteiger partial charge in [0.2, 0.25) is 15.9 Å². The van der Waals surface area contributed by atoms with Crippen molar-refractivity contribution in [2.24, 2.45) is 5.92 Å².